The van der Waals surface area contributed by atoms with E-state index in [9.17, 15) is 4.39 Å². The first-order chi connectivity index (χ1) is 7.33. The van der Waals surface area contributed by atoms with Crippen LogP contribution in [-0.4, -0.2) is 26.5 Å². The predicted molar refractivity (Wildman–Crippen MR) is 51.6 cm³/mol. The SMILES string of the molecule is Fc1cnc2nc(C3CCCN3)[nH]c2n1. The highest BCUT2D eigenvalue weighted by molar-refractivity contribution is 5.64. The smallest absolute Gasteiger partial charge is 0.233 e. The van der Waals surface area contributed by atoms with E-state index < -0.39 is 5.95 Å². The highest BCUT2D eigenvalue weighted by Crippen LogP contribution is 2.21. The van der Waals surface area contributed by atoms with Gasteiger partial charge in [0.05, 0.1) is 12.2 Å². The van der Waals surface area contributed by atoms with Gasteiger partial charge >= 0.3 is 0 Å². The van der Waals surface area contributed by atoms with Crippen LogP contribution < -0.4 is 5.32 Å². The number of fused-ring (bicyclic) bond motifs is 1. The molecular weight excluding hydrogens is 197 g/mol. The number of hydrogen-bond donors (Lipinski definition) is 2. The summed E-state index contributed by atoms with van der Waals surface area (Å²) in [6.07, 6.45) is 3.26. The Morgan fingerprint density at radius 1 is 1.40 bits per heavy atom. The molecule has 2 N–H and O–H groups in total. The van der Waals surface area contributed by atoms with Crippen molar-refractivity contribution in [1.82, 2.24) is 25.3 Å². The van der Waals surface area contributed by atoms with Crippen molar-refractivity contribution in [2.24, 2.45) is 0 Å². The lowest BCUT2D eigenvalue weighted by atomic mass is 10.2. The average Bonchev–Trinajstić information content (AvgIpc) is 2.84. The minimum absolute atomic E-state index is 0.226. The zero-order valence-corrected chi connectivity index (χ0v) is 8.00. The van der Waals surface area contributed by atoms with Gasteiger partial charge in [-0.05, 0) is 19.4 Å². The van der Waals surface area contributed by atoms with E-state index in [2.05, 4.69) is 25.3 Å². The van der Waals surface area contributed by atoms with Crippen LogP contribution in [0.3, 0.4) is 0 Å². The van der Waals surface area contributed by atoms with Gasteiger partial charge in [-0.2, -0.15) is 9.37 Å². The molecule has 78 valence electrons. The third-order valence-electron chi connectivity index (χ3n) is 2.59. The largest absolute Gasteiger partial charge is 0.324 e. The molecule has 1 saturated heterocycles. The van der Waals surface area contributed by atoms with Gasteiger partial charge in [0.1, 0.15) is 5.82 Å². The van der Waals surface area contributed by atoms with Crippen molar-refractivity contribution in [3.63, 3.8) is 0 Å². The summed E-state index contributed by atoms with van der Waals surface area (Å²) in [4.78, 5) is 14.8. The summed E-state index contributed by atoms with van der Waals surface area (Å²) in [6, 6.07) is 0.226. The lowest BCUT2D eigenvalue weighted by molar-refractivity contribution is 0.582. The molecule has 6 heteroatoms. The second kappa shape index (κ2) is 3.23. The van der Waals surface area contributed by atoms with Gasteiger partial charge in [0.15, 0.2) is 11.3 Å². The van der Waals surface area contributed by atoms with Crippen LogP contribution in [0.1, 0.15) is 24.7 Å². The molecule has 0 spiro atoms. The molecule has 1 unspecified atom stereocenters. The molecule has 1 atom stereocenters. The van der Waals surface area contributed by atoms with E-state index in [1.165, 1.54) is 0 Å². The molecule has 0 bridgehead atoms. The zero-order valence-electron chi connectivity index (χ0n) is 8.00. The van der Waals surface area contributed by atoms with Gasteiger partial charge in [-0.15, -0.1) is 0 Å². The summed E-state index contributed by atoms with van der Waals surface area (Å²) in [6.45, 7) is 0.997. The van der Waals surface area contributed by atoms with Crippen LogP contribution in [0.2, 0.25) is 0 Å². The molecule has 5 nitrogen and oxygen atoms in total. The summed E-state index contributed by atoms with van der Waals surface area (Å²) in [7, 11) is 0. The number of aromatic amines is 1. The van der Waals surface area contributed by atoms with E-state index in [-0.39, 0.29) is 6.04 Å². The van der Waals surface area contributed by atoms with Crippen molar-refractivity contribution in [2.75, 3.05) is 6.54 Å². The van der Waals surface area contributed by atoms with Crippen molar-refractivity contribution >= 4 is 11.3 Å². The molecule has 0 amide bonds. The van der Waals surface area contributed by atoms with Gasteiger partial charge in [-0.1, -0.05) is 0 Å². The van der Waals surface area contributed by atoms with Crippen LogP contribution >= 0.6 is 0 Å². The molecule has 1 aliphatic rings. The number of rotatable bonds is 1. The van der Waals surface area contributed by atoms with Gasteiger partial charge in [0.2, 0.25) is 5.95 Å². The molecule has 1 aliphatic heterocycles. The van der Waals surface area contributed by atoms with Crippen molar-refractivity contribution in [2.45, 2.75) is 18.9 Å². The van der Waals surface area contributed by atoms with Crippen LogP contribution in [0.15, 0.2) is 6.20 Å². The predicted octanol–water partition coefficient (Wildman–Crippen LogP) is 0.916. The molecule has 3 heterocycles. The number of imidazole rings is 1. The Hall–Kier alpha value is -1.56. The first-order valence-electron chi connectivity index (χ1n) is 4.94. The van der Waals surface area contributed by atoms with Crippen molar-refractivity contribution in [3.05, 3.63) is 18.0 Å². The fourth-order valence-electron chi connectivity index (χ4n) is 1.87. The van der Waals surface area contributed by atoms with Crippen LogP contribution in [-0.2, 0) is 0 Å². The molecule has 0 radical (unpaired) electrons. The molecule has 3 rings (SSSR count). The summed E-state index contributed by atoms with van der Waals surface area (Å²) in [5.41, 5.74) is 0.888. The molecule has 2 aromatic heterocycles. The maximum absolute atomic E-state index is 12.8. The Morgan fingerprint density at radius 2 is 2.33 bits per heavy atom. The Balaban J connectivity index is 2.05. The minimum atomic E-state index is -0.586. The fraction of sp³-hybridized carbons (Fsp3) is 0.444. The van der Waals surface area contributed by atoms with E-state index >= 15 is 0 Å². The van der Waals surface area contributed by atoms with Crippen LogP contribution in [0, 0.1) is 5.95 Å². The van der Waals surface area contributed by atoms with Crippen LogP contribution in [0.25, 0.3) is 11.3 Å². The number of H-pyrrole nitrogens is 1. The van der Waals surface area contributed by atoms with Crippen LogP contribution in [0.4, 0.5) is 4.39 Å². The molecule has 15 heavy (non-hydrogen) atoms. The average molecular weight is 207 g/mol. The number of hydrogen-bond acceptors (Lipinski definition) is 4. The maximum atomic E-state index is 12.8. The van der Waals surface area contributed by atoms with E-state index in [4.69, 9.17) is 0 Å². The van der Waals surface area contributed by atoms with E-state index in [0.717, 1.165) is 31.4 Å². The summed E-state index contributed by atoms with van der Waals surface area (Å²) in [5.74, 6) is 0.213. The third kappa shape index (κ3) is 1.46. The highest BCUT2D eigenvalue weighted by Gasteiger charge is 2.20. The molecule has 0 saturated carbocycles. The first-order valence-corrected chi connectivity index (χ1v) is 4.94. The Bertz CT molecular complexity index is 488. The maximum Gasteiger partial charge on any atom is 0.233 e. The quantitative estimate of drug-likeness (QED) is 0.729. The number of nitrogens with zero attached hydrogens (tertiary/aromatic N) is 3. The summed E-state index contributed by atoms with van der Waals surface area (Å²) in [5, 5.41) is 3.31. The van der Waals surface area contributed by atoms with Gasteiger partial charge < -0.3 is 10.3 Å². The van der Waals surface area contributed by atoms with Crippen molar-refractivity contribution in [1.29, 1.82) is 0 Å². The number of nitrogens with one attached hydrogen (secondary N) is 2. The molecule has 2 aromatic rings. The van der Waals surface area contributed by atoms with E-state index in [0.29, 0.717) is 11.3 Å². The molecule has 0 aromatic carbocycles. The molecule has 1 fully saturated rings. The second-order valence-electron chi connectivity index (χ2n) is 3.64. The standard InChI is InChI=1S/C9H10FN5/c10-6-4-12-8-9(13-6)15-7(14-8)5-2-1-3-11-5/h4-5,11H,1-3H2,(H,12,13,14,15). The molecular formula is C9H10FN5. The minimum Gasteiger partial charge on any atom is -0.324 e. The van der Waals surface area contributed by atoms with Crippen LogP contribution in [0.5, 0.6) is 0 Å². The Kier molecular flexibility index (Phi) is 1.88. The fourth-order valence-corrected chi connectivity index (χ4v) is 1.87. The summed E-state index contributed by atoms with van der Waals surface area (Å²) < 4.78 is 12.8. The van der Waals surface area contributed by atoms with Gasteiger partial charge in [0, 0.05) is 0 Å². The van der Waals surface area contributed by atoms with E-state index in [1.54, 1.807) is 0 Å². The first kappa shape index (κ1) is 8.72. The topological polar surface area (TPSA) is 66.5 Å². The third-order valence-corrected chi connectivity index (χ3v) is 2.59. The monoisotopic (exact) mass is 207 g/mol. The Morgan fingerprint density at radius 3 is 3.13 bits per heavy atom. The zero-order chi connectivity index (χ0) is 10.3. The number of halogens is 1. The van der Waals surface area contributed by atoms with Crippen molar-refractivity contribution < 1.29 is 4.39 Å². The highest BCUT2D eigenvalue weighted by atomic mass is 19.1. The van der Waals surface area contributed by atoms with Gasteiger partial charge in [-0.25, -0.2) is 9.97 Å². The van der Waals surface area contributed by atoms with Gasteiger partial charge in [0.25, 0.3) is 0 Å². The lowest BCUT2D eigenvalue weighted by Gasteiger charge is -2.03. The Labute approximate surface area is 85.2 Å². The van der Waals surface area contributed by atoms with E-state index in [1.807, 2.05) is 0 Å². The second-order valence-corrected chi connectivity index (χ2v) is 3.64. The lowest BCUT2D eigenvalue weighted by Crippen LogP contribution is -2.14. The normalized spacial score (nSPS) is 21.3. The van der Waals surface area contributed by atoms with Crippen molar-refractivity contribution in [3.8, 4) is 0 Å². The van der Waals surface area contributed by atoms with Gasteiger partial charge in [-0.3, -0.25) is 0 Å². The molecule has 0 aliphatic carbocycles. The summed E-state index contributed by atoms with van der Waals surface area (Å²) >= 11 is 0. The number of aromatic nitrogens is 4.